The largest absolute Gasteiger partial charge is 0.342 e. The summed E-state index contributed by atoms with van der Waals surface area (Å²) in [6, 6.07) is 9.93. The highest BCUT2D eigenvalue weighted by Crippen LogP contribution is 2.34. The first-order valence-electron chi connectivity index (χ1n) is 8.52. The van der Waals surface area contributed by atoms with E-state index in [-0.39, 0.29) is 5.92 Å². The van der Waals surface area contributed by atoms with Gasteiger partial charge in [-0.05, 0) is 18.4 Å². The summed E-state index contributed by atoms with van der Waals surface area (Å²) in [4.78, 5) is 0. The fraction of sp³-hybridized carbons (Fsp3) is 0.625. The van der Waals surface area contributed by atoms with Crippen molar-refractivity contribution in [3.8, 4) is 0 Å². The maximum atomic E-state index is 6.29. The maximum absolute atomic E-state index is 6.29. The predicted octanol–water partition coefficient (Wildman–Crippen LogP) is -0.723. The number of hydrogen-bond donors (Lipinski definition) is 7. The third-order valence-corrected chi connectivity index (χ3v) is 4.69. The van der Waals surface area contributed by atoms with Crippen molar-refractivity contribution < 1.29 is 4.74 Å². The number of ether oxygens (including phenoxy) is 1. The highest BCUT2D eigenvalue weighted by Gasteiger charge is 2.53. The second kappa shape index (κ2) is 6.66. The topological polar surface area (TPSA) is 149 Å². The summed E-state index contributed by atoms with van der Waals surface area (Å²) in [7, 11) is 0. The summed E-state index contributed by atoms with van der Waals surface area (Å²) < 4.78 is 6.29. The summed E-state index contributed by atoms with van der Waals surface area (Å²) in [5.41, 5.74) is 25.4. The van der Waals surface area contributed by atoms with E-state index in [2.05, 4.69) is 16.0 Å². The van der Waals surface area contributed by atoms with Crippen molar-refractivity contribution in [3.63, 3.8) is 0 Å². The van der Waals surface area contributed by atoms with Gasteiger partial charge in [0.05, 0.1) is 6.61 Å². The van der Waals surface area contributed by atoms with Gasteiger partial charge in [-0.15, -0.1) is 0 Å². The van der Waals surface area contributed by atoms with Crippen molar-refractivity contribution in [2.24, 2.45) is 28.9 Å². The molecule has 11 N–H and O–H groups in total. The molecule has 8 nitrogen and oxygen atoms in total. The van der Waals surface area contributed by atoms with Crippen LogP contribution < -0.4 is 38.9 Å². The van der Waals surface area contributed by atoms with Gasteiger partial charge in [0.15, 0.2) is 17.7 Å². The maximum Gasteiger partial charge on any atom is 0.184 e. The van der Waals surface area contributed by atoms with Gasteiger partial charge in [0.2, 0.25) is 0 Å². The quantitative estimate of drug-likeness (QED) is 0.356. The van der Waals surface area contributed by atoms with Gasteiger partial charge in [0.1, 0.15) is 0 Å². The number of nitrogens with two attached hydrogens (primary N) is 4. The molecule has 2 aliphatic rings. The molecule has 1 aromatic rings. The number of rotatable bonds is 4. The lowest BCUT2D eigenvalue weighted by Crippen LogP contribution is -2.96. The molecule has 24 heavy (non-hydrogen) atoms. The molecule has 3 rings (SSSR count). The molecule has 1 saturated carbocycles. The van der Waals surface area contributed by atoms with E-state index in [1.165, 1.54) is 6.42 Å². The molecule has 1 heterocycles. The van der Waals surface area contributed by atoms with E-state index in [0.717, 1.165) is 31.2 Å². The lowest BCUT2D eigenvalue weighted by atomic mass is 9.84. The lowest BCUT2D eigenvalue weighted by molar-refractivity contribution is -0.212. The molecule has 0 unspecified atom stereocenters. The lowest BCUT2D eigenvalue weighted by Gasteiger charge is -2.55. The highest BCUT2D eigenvalue weighted by atomic mass is 16.5. The summed E-state index contributed by atoms with van der Waals surface area (Å²) >= 11 is 0. The number of nitrogens with one attached hydrogen (secondary N) is 3. The third-order valence-electron chi connectivity index (χ3n) is 4.69. The van der Waals surface area contributed by atoms with Crippen LogP contribution in [0.5, 0.6) is 0 Å². The Morgan fingerprint density at radius 3 is 2.04 bits per heavy atom. The van der Waals surface area contributed by atoms with Crippen LogP contribution in [-0.4, -0.2) is 17.7 Å². The summed E-state index contributed by atoms with van der Waals surface area (Å²) in [5, 5.41) is 9.04. The molecule has 0 atom stereocenters. The summed E-state index contributed by atoms with van der Waals surface area (Å²) in [6.45, 7) is 0.392. The first-order valence-corrected chi connectivity index (χ1v) is 8.52. The first kappa shape index (κ1) is 17.7. The minimum Gasteiger partial charge on any atom is -0.342 e. The van der Waals surface area contributed by atoms with Gasteiger partial charge >= 0.3 is 0 Å². The molecule has 0 amide bonds. The summed E-state index contributed by atoms with van der Waals surface area (Å²) in [6.07, 6.45) is 5.45. The Bertz CT molecular complexity index is 527. The molecule has 0 radical (unpaired) electrons. The normalized spacial score (nSPS) is 26.2. The zero-order chi connectivity index (χ0) is 17.3. The van der Waals surface area contributed by atoms with Crippen LogP contribution in [0.1, 0.15) is 37.7 Å². The van der Waals surface area contributed by atoms with Crippen LogP contribution in [0, 0.1) is 5.92 Å². The molecule has 1 aromatic carbocycles. The monoisotopic (exact) mass is 335 g/mol. The van der Waals surface area contributed by atoms with Gasteiger partial charge < -0.3 is 4.74 Å². The van der Waals surface area contributed by atoms with Crippen LogP contribution in [0.3, 0.4) is 0 Å². The fourth-order valence-corrected chi connectivity index (χ4v) is 3.73. The fourth-order valence-electron chi connectivity index (χ4n) is 3.73. The van der Waals surface area contributed by atoms with Gasteiger partial charge in [-0.25, -0.2) is 16.0 Å². The number of hydrogen-bond acceptors (Lipinski definition) is 8. The zero-order valence-corrected chi connectivity index (χ0v) is 13.9. The van der Waals surface area contributed by atoms with Crippen LogP contribution in [0.2, 0.25) is 0 Å². The summed E-state index contributed by atoms with van der Waals surface area (Å²) in [5.74, 6) is -3.71. The van der Waals surface area contributed by atoms with Crippen molar-refractivity contribution in [2.45, 2.75) is 56.4 Å². The second-order valence-electron chi connectivity index (χ2n) is 6.96. The van der Waals surface area contributed by atoms with Crippen molar-refractivity contribution in [3.05, 3.63) is 35.9 Å². The van der Waals surface area contributed by atoms with E-state index >= 15 is 0 Å². The van der Waals surface area contributed by atoms with E-state index in [4.69, 9.17) is 27.7 Å². The zero-order valence-electron chi connectivity index (χ0n) is 13.9. The molecule has 134 valence electrons. The molecular formula is C16H29N7O. The van der Waals surface area contributed by atoms with Gasteiger partial charge in [-0.2, -0.15) is 0 Å². The van der Waals surface area contributed by atoms with Crippen molar-refractivity contribution in [1.29, 1.82) is 0 Å². The molecule has 0 aromatic heterocycles. The van der Waals surface area contributed by atoms with Gasteiger partial charge in [0.25, 0.3) is 0 Å². The van der Waals surface area contributed by atoms with E-state index in [9.17, 15) is 0 Å². The average Bonchev–Trinajstić information content (AvgIpc) is 2.52. The smallest absolute Gasteiger partial charge is 0.184 e. The third kappa shape index (κ3) is 4.11. The van der Waals surface area contributed by atoms with E-state index < -0.39 is 17.7 Å². The van der Waals surface area contributed by atoms with Crippen molar-refractivity contribution in [1.82, 2.24) is 16.0 Å². The molecule has 1 aliphatic carbocycles. The highest BCUT2D eigenvalue weighted by molar-refractivity contribution is 5.14. The Labute approximate surface area is 142 Å². The molecule has 0 spiro atoms. The molecule has 0 bridgehead atoms. The Morgan fingerprint density at radius 1 is 0.875 bits per heavy atom. The van der Waals surface area contributed by atoms with Crippen LogP contribution in [0.4, 0.5) is 0 Å². The molecular weight excluding hydrogens is 306 g/mol. The Kier molecular flexibility index (Phi) is 4.92. The van der Waals surface area contributed by atoms with E-state index in [0.29, 0.717) is 6.61 Å². The van der Waals surface area contributed by atoms with Crippen LogP contribution in [0.25, 0.3) is 0 Å². The molecule has 8 heteroatoms. The Hall–Kier alpha value is -1.10. The van der Waals surface area contributed by atoms with E-state index in [1.807, 2.05) is 30.3 Å². The number of benzene rings is 1. The Morgan fingerprint density at radius 2 is 1.46 bits per heavy atom. The van der Waals surface area contributed by atoms with Crippen LogP contribution in [0.15, 0.2) is 30.3 Å². The van der Waals surface area contributed by atoms with Gasteiger partial charge in [-0.1, -0.05) is 49.6 Å². The second-order valence-corrected chi connectivity index (χ2v) is 6.96. The molecule has 1 aliphatic heterocycles. The average molecular weight is 335 g/mol. The van der Waals surface area contributed by atoms with E-state index in [1.54, 1.807) is 0 Å². The Balaban J connectivity index is 1.85. The molecule has 2 fully saturated rings. The van der Waals surface area contributed by atoms with Crippen LogP contribution in [-0.2, 0) is 11.3 Å². The minimum atomic E-state index is -1.44. The van der Waals surface area contributed by atoms with Gasteiger partial charge in [0, 0.05) is 5.92 Å². The molecule has 1 saturated heterocycles. The van der Waals surface area contributed by atoms with Crippen molar-refractivity contribution in [2.75, 3.05) is 0 Å². The first-order chi connectivity index (χ1) is 11.3. The standard InChI is InChI=1S/C16H29N7O/c17-15(18)21-14(22-16(19,20)23-15,13-9-5-2-6-10-13)24-11-12-7-3-1-4-8-12/h1,3-4,7-8,13,21-23H,2,5-6,9-11,17-20H2. The minimum absolute atomic E-state index is 0.162. The van der Waals surface area contributed by atoms with Crippen LogP contribution >= 0.6 is 0 Å². The SMILES string of the molecule is NC1(N)NC(N)(N)NC(OCc2ccccc2)(C2CCCCC2)N1. The predicted molar refractivity (Wildman–Crippen MR) is 92.2 cm³/mol. The van der Waals surface area contributed by atoms with Gasteiger partial charge in [-0.3, -0.25) is 22.9 Å². The van der Waals surface area contributed by atoms with Crippen molar-refractivity contribution >= 4 is 0 Å².